The third-order valence-corrected chi connectivity index (χ3v) is 2.86. The Bertz CT molecular complexity index is 368. The Labute approximate surface area is 109 Å². The molecule has 1 rings (SSSR count). The highest BCUT2D eigenvalue weighted by Gasteiger charge is 2.12. The predicted octanol–water partition coefficient (Wildman–Crippen LogP) is 2.48. The van der Waals surface area contributed by atoms with E-state index in [9.17, 15) is 5.11 Å². The summed E-state index contributed by atoms with van der Waals surface area (Å²) in [5, 5.41) is 13.2. The minimum atomic E-state index is 0.0445. The Hall–Kier alpha value is -1.26. The van der Waals surface area contributed by atoms with Gasteiger partial charge >= 0.3 is 0 Å². The Morgan fingerprint density at radius 3 is 2.67 bits per heavy atom. The van der Waals surface area contributed by atoms with Gasteiger partial charge in [0.25, 0.3) is 0 Å². The molecule has 2 atom stereocenters. The summed E-state index contributed by atoms with van der Waals surface area (Å²) in [6.45, 7) is 7.46. The highest BCUT2D eigenvalue weighted by Crippen LogP contribution is 2.28. The minimum Gasteiger partial charge on any atom is -0.508 e. The SMILES string of the molecule is CCOC(C)CNC(C)c1cc(OC)ccc1O. The van der Waals surface area contributed by atoms with E-state index in [0.29, 0.717) is 6.61 Å². The zero-order valence-electron chi connectivity index (χ0n) is 11.6. The molecule has 1 aromatic carbocycles. The number of aromatic hydroxyl groups is 1. The standard InChI is InChI=1S/C14H23NO3/c1-5-18-10(2)9-15-11(3)13-8-12(17-4)6-7-14(13)16/h6-8,10-11,15-16H,5,9H2,1-4H3. The summed E-state index contributed by atoms with van der Waals surface area (Å²) < 4.78 is 10.6. The number of hydrogen-bond acceptors (Lipinski definition) is 4. The smallest absolute Gasteiger partial charge is 0.120 e. The Balaban J connectivity index is 2.62. The average Bonchev–Trinajstić information content (AvgIpc) is 2.37. The molecule has 0 fully saturated rings. The van der Waals surface area contributed by atoms with Crippen LogP contribution in [0.15, 0.2) is 18.2 Å². The molecule has 2 unspecified atom stereocenters. The number of phenolic OH excluding ortho intramolecular Hbond substituents is 1. The summed E-state index contributed by atoms with van der Waals surface area (Å²) in [4.78, 5) is 0. The summed E-state index contributed by atoms with van der Waals surface area (Å²) in [5.41, 5.74) is 0.832. The maximum Gasteiger partial charge on any atom is 0.120 e. The molecule has 2 N–H and O–H groups in total. The summed E-state index contributed by atoms with van der Waals surface area (Å²) in [6, 6.07) is 5.29. The van der Waals surface area contributed by atoms with Gasteiger partial charge < -0.3 is 19.9 Å². The van der Waals surface area contributed by atoms with Gasteiger partial charge in [-0.05, 0) is 39.0 Å². The Kier molecular flexibility index (Phi) is 5.95. The van der Waals surface area contributed by atoms with Crippen LogP contribution < -0.4 is 10.1 Å². The van der Waals surface area contributed by atoms with E-state index in [1.54, 1.807) is 19.2 Å². The van der Waals surface area contributed by atoms with E-state index in [0.717, 1.165) is 17.9 Å². The van der Waals surface area contributed by atoms with Crippen molar-refractivity contribution in [1.82, 2.24) is 5.32 Å². The lowest BCUT2D eigenvalue weighted by molar-refractivity contribution is 0.0743. The van der Waals surface area contributed by atoms with Crippen molar-refractivity contribution < 1.29 is 14.6 Å². The molecule has 18 heavy (non-hydrogen) atoms. The Morgan fingerprint density at radius 2 is 2.06 bits per heavy atom. The van der Waals surface area contributed by atoms with Gasteiger partial charge in [0.2, 0.25) is 0 Å². The van der Waals surface area contributed by atoms with E-state index in [4.69, 9.17) is 9.47 Å². The quantitative estimate of drug-likeness (QED) is 0.784. The van der Waals surface area contributed by atoms with Gasteiger partial charge in [-0.2, -0.15) is 0 Å². The van der Waals surface area contributed by atoms with E-state index in [1.807, 2.05) is 26.8 Å². The van der Waals surface area contributed by atoms with E-state index < -0.39 is 0 Å². The van der Waals surface area contributed by atoms with Crippen LogP contribution in [0.25, 0.3) is 0 Å². The van der Waals surface area contributed by atoms with Crippen molar-refractivity contribution in [2.24, 2.45) is 0 Å². The number of benzene rings is 1. The lowest BCUT2D eigenvalue weighted by atomic mass is 10.1. The topological polar surface area (TPSA) is 50.7 Å². The van der Waals surface area contributed by atoms with Crippen LogP contribution in [0.3, 0.4) is 0 Å². The Morgan fingerprint density at radius 1 is 1.33 bits per heavy atom. The molecular weight excluding hydrogens is 230 g/mol. The van der Waals surface area contributed by atoms with Gasteiger partial charge in [0.05, 0.1) is 13.2 Å². The first kappa shape index (κ1) is 14.8. The van der Waals surface area contributed by atoms with Crippen molar-refractivity contribution in [1.29, 1.82) is 0 Å². The van der Waals surface area contributed by atoms with Gasteiger partial charge in [0, 0.05) is 24.8 Å². The second kappa shape index (κ2) is 7.24. The van der Waals surface area contributed by atoms with Crippen molar-refractivity contribution in [3.8, 4) is 11.5 Å². The molecule has 0 radical (unpaired) electrons. The molecule has 102 valence electrons. The van der Waals surface area contributed by atoms with Gasteiger partial charge in [-0.3, -0.25) is 0 Å². The third kappa shape index (κ3) is 4.20. The molecule has 0 aliphatic heterocycles. The second-order valence-electron chi connectivity index (χ2n) is 4.32. The van der Waals surface area contributed by atoms with Crippen molar-refractivity contribution in [3.05, 3.63) is 23.8 Å². The maximum absolute atomic E-state index is 9.84. The van der Waals surface area contributed by atoms with Gasteiger partial charge in [-0.25, -0.2) is 0 Å². The molecule has 0 aliphatic rings. The summed E-state index contributed by atoms with van der Waals surface area (Å²) in [5.74, 6) is 1.02. The summed E-state index contributed by atoms with van der Waals surface area (Å²) >= 11 is 0. The largest absolute Gasteiger partial charge is 0.508 e. The molecule has 4 nitrogen and oxygen atoms in total. The van der Waals surface area contributed by atoms with Gasteiger partial charge in [0.1, 0.15) is 11.5 Å². The zero-order chi connectivity index (χ0) is 13.5. The van der Waals surface area contributed by atoms with Gasteiger partial charge in [-0.1, -0.05) is 0 Å². The lowest BCUT2D eigenvalue weighted by Gasteiger charge is -2.19. The minimum absolute atomic E-state index is 0.0445. The first-order valence-corrected chi connectivity index (χ1v) is 6.30. The average molecular weight is 253 g/mol. The van der Waals surface area contributed by atoms with E-state index in [2.05, 4.69) is 5.32 Å². The molecule has 0 spiro atoms. The predicted molar refractivity (Wildman–Crippen MR) is 72.2 cm³/mol. The fourth-order valence-electron chi connectivity index (χ4n) is 1.80. The van der Waals surface area contributed by atoms with Crippen molar-refractivity contribution >= 4 is 0 Å². The summed E-state index contributed by atoms with van der Waals surface area (Å²) in [7, 11) is 1.62. The van der Waals surface area contributed by atoms with Crippen LogP contribution in [0.1, 0.15) is 32.4 Å². The fraction of sp³-hybridized carbons (Fsp3) is 0.571. The number of rotatable bonds is 7. The van der Waals surface area contributed by atoms with Crippen molar-refractivity contribution in [3.63, 3.8) is 0 Å². The van der Waals surface area contributed by atoms with Crippen molar-refractivity contribution in [2.45, 2.75) is 32.9 Å². The van der Waals surface area contributed by atoms with Crippen LogP contribution in [0.4, 0.5) is 0 Å². The number of phenols is 1. The van der Waals surface area contributed by atoms with Crippen LogP contribution in [-0.2, 0) is 4.74 Å². The van der Waals surface area contributed by atoms with E-state index in [1.165, 1.54) is 0 Å². The maximum atomic E-state index is 9.84. The zero-order valence-corrected chi connectivity index (χ0v) is 11.6. The molecule has 4 heteroatoms. The van der Waals surface area contributed by atoms with Crippen LogP contribution >= 0.6 is 0 Å². The molecule has 0 amide bonds. The van der Waals surface area contributed by atoms with Gasteiger partial charge in [0.15, 0.2) is 0 Å². The van der Waals surface area contributed by atoms with Gasteiger partial charge in [-0.15, -0.1) is 0 Å². The molecule has 1 aromatic rings. The molecule has 0 saturated carbocycles. The van der Waals surface area contributed by atoms with E-state index >= 15 is 0 Å². The highest BCUT2D eigenvalue weighted by molar-refractivity contribution is 5.41. The highest BCUT2D eigenvalue weighted by atomic mass is 16.5. The molecule has 0 aliphatic carbocycles. The first-order chi connectivity index (χ1) is 8.58. The van der Waals surface area contributed by atoms with Crippen LogP contribution in [-0.4, -0.2) is 31.5 Å². The number of ether oxygens (including phenoxy) is 2. The molecular formula is C14H23NO3. The number of hydrogen-bond donors (Lipinski definition) is 2. The molecule has 0 bridgehead atoms. The first-order valence-electron chi connectivity index (χ1n) is 6.30. The molecule has 0 saturated heterocycles. The monoisotopic (exact) mass is 253 g/mol. The fourth-order valence-corrected chi connectivity index (χ4v) is 1.80. The van der Waals surface area contributed by atoms with E-state index in [-0.39, 0.29) is 17.9 Å². The summed E-state index contributed by atoms with van der Waals surface area (Å²) in [6.07, 6.45) is 0.158. The number of nitrogens with one attached hydrogen (secondary N) is 1. The van der Waals surface area contributed by atoms with Crippen LogP contribution in [0.2, 0.25) is 0 Å². The normalized spacial score (nSPS) is 14.2. The lowest BCUT2D eigenvalue weighted by Crippen LogP contribution is -2.29. The number of methoxy groups -OCH3 is 1. The van der Waals surface area contributed by atoms with Crippen LogP contribution in [0, 0.1) is 0 Å². The third-order valence-electron chi connectivity index (χ3n) is 2.86. The van der Waals surface area contributed by atoms with Crippen molar-refractivity contribution in [2.75, 3.05) is 20.3 Å². The molecule has 0 aromatic heterocycles. The molecule has 0 heterocycles. The van der Waals surface area contributed by atoms with Crippen LogP contribution in [0.5, 0.6) is 11.5 Å². The second-order valence-corrected chi connectivity index (χ2v) is 4.32.